The van der Waals surface area contributed by atoms with E-state index in [1.807, 2.05) is 0 Å². The zero-order chi connectivity index (χ0) is 13.1. The number of benzene rings is 2. The van der Waals surface area contributed by atoms with Gasteiger partial charge >= 0.3 is 0 Å². The minimum Gasteiger partial charge on any atom is -0.321 e. The maximum absolute atomic E-state index is 13.4. The Morgan fingerprint density at radius 2 is 1.94 bits per heavy atom. The quantitative estimate of drug-likeness (QED) is 0.864. The van der Waals surface area contributed by atoms with E-state index in [-0.39, 0.29) is 5.56 Å². The molecule has 5 heteroatoms. The molecule has 1 N–H and O–H groups in total. The topological polar surface area (TPSA) is 29.1 Å². The molecule has 0 spiro atoms. The molecule has 2 aromatic carbocycles. The van der Waals surface area contributed by atoms with Crippen molar-refractivity contribution in [1.29, 1.82) is 0 Å². The molecule has 0 fully saturated rings. The van der Waals surface area contributed by atoms with Crippen LogP contribution in [0.1, 0.15) is 10.4 Å². The molecule has 1 amide bonds. The summed E-state index contributed by atoms with van der Waals surface area (Å²) in [6.07, 6.45) is 0. The van der Waals surface area contributed by atoms with Crippen molar-refractivity contribution in [2.75, 3.05) is 5.32 Å². The van der Waals surface area contributed by atoms with Crippen LogP contribution >= 0.6 is 27.5 Å². The van der Waals surface area contributed by atoms with Gasteiger partial charge in [-0.25, -0.2) is 4.39 Å². The number of hydrogen-bond donors (Lipinski definition) is 1. The van der Waals surface area contributed by atoms with Gasteiger partial charge in [-0.2, -0.15) is 0 Å². The van der Waals surface area contributed by atoms with Crippen LogP contribution in [0.15, 0.2) is 46.9 Å². The van der Waals surface area contributed by atoms with Crippen molar-refractivity contribution in [3.8, 4) is 0 Å². The SMILES string of the molecule is O=C(Nc1cc(Cl)ccc1Br)c1ccccc1F. The second-order valence-electron chi connectivity index (χ2n) is 3.56. The van der Waals surface area contributed by atoms with Crippen LogP contribution in [0.5, 0.6) is 0 Å². The number of rotatable bonds is 2. The average Bonchev–Trinajstić information content (AvgIpc) is 2.34. The van der Waals surface area contributed by atoms with Gasteiger partial charge in [0.25, 0.3) is 5.91 Å². The van der Waals surface area contributed by atoms with Gasteiger partial charge in [-0.15, -0.1) is 0 Å². The summed E-state index contributed by atoms with van der Waals surface area (Å²) in [5.41, 5.74) is 0.486. The molecular weight excluding hydrogens is 321 g/mol. The number of hydrogen-bond acceptors (Lipinski definition) is 1. The standard InChI is InChI=1S/C13H8BrClFNO/c14-10-6-5-8(15)7-12(10)17-13(18)9-3-1-2-4-11(9)16/h1-7H,(H,17,18). The molecule has 0 radical (unpaired) electrons. The van der Waals surface area contributed by atoms with Crippen LogP contribution in [0.25, 0.3) is 0 Å². The van der Waals surface area contributed by atoms with Gasteiger partial charge in [0.2, 0.25) is 0 Å². The number of anilines is 1. The Balaban J connectivity index is 2.27. The van der Waals surface area contributed by atoms with E-state index in [2.05, 4.69) is 21.2 Å². The van der Waals surface area contributed by atoms with Crippen molar-refractivity contribution in [1.82, 2.24) is 0 Å². The lowest BCUT2D eigenvalue weighted by molar-refractivity contribution is 0.102. The Hall–Kier alpha value is -1.39. The molecule has 92 valence electrons. The molecule has 2 aromatic rings. The molecule has 2 rings (SSSR count). The summed E-state index contributed by atoms with van der Waals surface area (Å²) in [5, 5.41) is 3.09. The Kier molecular flexibility index (Phi) is 3.99. The number of nitrogens with one attached hydrogen (secondary N) is 1. The zero-order valence-corrected chi connectivity index (χ0v) is 11.4. The number of carbonyl (C=O) groups is 1. The van der Waals surface area contributed by atoms with E-state index in [0.717, 1.165) is 0 Å². The van der Waals surface area contributed by atoms with Crippen molar-refractivity contribution < 1.29 is 9.18 Å². The minimum absolute atomic E-state index is 0.00984. The third kappa shape index (κ3) is 2.89. The molecule has 0 bridgehead atoms. The highest BCUT2D eigenvalue weighted by atomic mass is 79.9. The summed E-state index contributed by atoms with van der Waals surface area (Å²) in [5.74, 6) is -1.08. The highest BCUT2D eigenvalue weighted by Crippen LogP contribution is 2.26. The van der Waals surface area contributed by atoms with Gasteiger partial charge in [0, 0.05) is 9.50 Å². The first-order valence-corrected chi connectivity index (χ1v) is 6.26. The smallest absolute Gasteiger partial charge is 0.258 e. The normalized spacial score (nSPS) is 10.2. The fraction of sp³-hybridized carbons (Fsp3) is 0. The predicted molar refractivity (Wildman–Crippen MR) is 73.5 cm³/mol. The molecule has 0 aliphatic rings. The minimum atomic E-state index is -0.562. The second-order valence-corrected chi connectivity index (χ2v) is 4.85. The third-order valence-electron chi connectivity index (χ3n) is 2.30. The number of carbonyl (C=O) groups excluding carboxylic acids is 1. The Morgan fingerprint density at radius 3 is 2.67 bits per heavy atom. The first-order valence-electron chi connectivity index (χ1n) is 5.09. The lowest BCUT2D eigenvalue weighted by atomic mass is 10.2. The van der Waals surface area contributed by atoms with Crippen LogP contribution in [0, 0.1) is 5.82 Å². The first-order chi connectivity index (χ1) is 8.58. The van der Waals surface area contributed by atoms with Gasteiger partial charge in [0.1, 0.15) is 5.82 Å². The van der Waals surface area contributed by atoms with Gasteiger partial charge in [-0.05, 0) is 46.3 Å². The van der Waals surface area contributed by atoms with Crippen molar-refractivity contribution in [3.05, 3.63) is 63.3 Å². The molecule has 0 aliphatic heterocycles. The summed E-state index contributed by atoms with van der Waals surface area (Å²) in [7, 11) is 0. The third-order valence-corrected chi connectivity index (χ3v) is 3.22. The molecule has 18 heavy (non-hydrogen) atoms. The summed E-state index contributed by atoms with van der Waals surface area (Å²) >= 11 is 9.11. The van der Waals surface area contributed by atoms with Gasteiger partial charge in [-0.3, -0.25) is 4.79 Å². The molecule has 0 atom stereocenters. The van der Waals surface area contributed by atoms with Crippen molar-refractivity contribution in [2.24, 2.45) is 0 Å². The van der Waals surface area contributed by atoms with Crippen LogP contribution in [-0.4, -0.2) is 5.91 Å². The Morgan fingerprint density at radius 1 is 1.22 bits per heavy atom. The lowest BCUT2D eigenvalue weighted by Crippen LogP contribution is -2.13. The van der Waals surface area contributed by atoms with Crippen LogP contribution in [-0.2, 0) is 0 Å². The maximum atomic E-state index is 13.4. The van der Waals surface area contributed by atoms with Crippen LogP contribution in [0.3, 0.4) is 0 Å². The average molecular weight is 329 g/mol. The highest BCUT2D eigenvalue weighted by Gasteiger charge is 2.12. The van der Waals surface area contributed by atoms with Crippen molar-refractivity contribution >= 4 is 39.1 Å². The predicted octanol–water partition coefficient (Wildman–Crippen LogP) is 4.49. The van der Waals surface area contributed by atoms with E-state index in [0.29, 0.717) is 15.2 Å². The van der Waals surface area contributed by atoms with E-state index in [4.69, 9.17) is 11.6 Å². The molecule has 0 unspecified atom stereocenters. The van der Waals surface area contributed by atoms with Crippen molar-refractivity contribution in [2.45, 2.75) is 0 Å². The monoisotopic (exact) mass is 327 g/mol. The molecule has 0 heterocycles. The summed E-state index contributed by atoms with van der Waals surface area (Å²) in [6, 6.07) is 10.8. The van der Waals surface area contributed by atoms with E-state index >= 15 is 0 Å². The van der Waals surface area contributed by atoms with Crippen LogP contribution in [0.2, 0.25) is 5.02 Å². The van der Waals surface area contributed by atoms with Crippen molar-refractivity contribution in [3.63, 3.8) is 0 Å². The van der Waals surface area contributed by atoms with Crippen LogP contribution < -0.4 is 5.32 Å². The molecule has 0 aliphatic carbocycles. The van der Waals surface area contributed by atoms with Gasteiger partial charge < -0.3 is 5.32 Å². The van der Waals surface area contributed by atoms with Crippen LogP contribution in [0.4, 0.5) is 10.1 Å². The lowest BCUT2D eigenvalue weighted by Gasteiger charge is -2.08. The summed E-state index contributed by atoms with van der Waals surface area (Å²) in [4.78, 5) is 11.9. The fourth-order valence-electron chi connectivity index (χ4n) is 1.43. The summed E-state index contributed by atoms with van der Waals surface area (Å²) in [6.45, 7) is 0. The zero-order valence-electron chi connectivity index (χ0n) is 9.08. The van der Waals surface area contributed by atoms with E-state index < -0.39 is 11.7 Å². The highest BCUT2D eigenvalue weighted by molar-refractivity contribution is 9.10. The Bertz CT molecular complexity index is 603. The second kappa shape index (κ2) is 5.50. The Labute approximate surface area is 117 Å². The number of halogens is 3. The van der Waals surface area contributed by atoms with E-state index in [1.54, 1.807) is 24.3 Å². The molecule has 0 aromatic heterocycles. The molecule has 0 saturated carbocycles. The van der Waals surface area contributed by atoms with Gasteiger partial charge in [0.15, 0.2) is 0 Å². The fourth-order valence-corrected chi connectivity index (χ4v) is 1.95. The molecule has 2 nitrogen and oxygen atoms in total. The van der Waals surface area contributed by atoms with Gasteiger partial charge in [0.05, 0.1) is 11.3 Å². The largest absolute Gasteiger partial charge is 0.321 e. The van der Waals surface area contributed by atoms with E-state index in [9.17, 15) is 9.18 Å². The summed E-state index contributed by atoms with van der Waals surface area (Å²) < 4.78 is 14.1. The first kappa shape index (κ1) is 13.1. The van der Waals surface area contributed by atoms with E-state index in [1.165, 1.54) is 18.2 Å². The van der Waals surface area contributed by atoms with Gasteiger partial charge in [-0.1, -0.05) is 23.7 Å². The maximum Gasteiger partial charge on any atom is 0.258 e. The molecular formula is C13H8BrClFNO. The molecule has 0 saturated heterocycles. The number of amides is 1.